The number of ether oxygens (including phenoxy) is 1. The number of nitrogens with one attached hydrogen (secondary N) is 1. The highest BCUT2D eigenvalue weighted by atomic mass is 32.2. The number of carbonyl (C=O) groups is 1. The van der Waals surface area contributed by atoms with Crippen LogP contribution < -0.4 is 5.32 Å². The Morgan fingerprint density at radius 2 is 1.64 bits per heavy atom. The van der Waals surface area contributed by atoms with E-state index in [-0.39, 0.29) is 4.86 Å². The van der Waals surface area contributed by atoms with Crippen LogP contribution in [-0.2, 0) is 26.4 Å². The predicted molar refractivity (Wildman–Crippen MR) is 131 cm³/mol. The summed E-state index contributed by atoms with van der Waals surface area (Å²) in [6, 6.07) is 23.1. The number of hydrogen-bond acceptors (Lipinski definition) is 6. The molecule has 6 nitrogen and oxygen atoms in total. The molecule has 33 heavy (non-hydrogen) atoms. The van der Waals surface area contributed by atoms with Gasteiger partial charge in [0.25, 0.3) is 0 Å². The molecule has 0 radical (unpaired) electrons. The summed E-state index contributed by atoms with van der Waals surface area (Å²) < 4.78 is 31.7. The van der Waals surface area contributed by atoms with Crippen LogP contribution in [0.3, 0.4) is 0 Å². The van der Waals surface area contributed by atoms with Gasteiger partial charge in [-0.2, -0.15) is 8.42 Å². The highest BCUT2D eigenvalue weighted by molar-refractivity contribution is 8.03. The Balaban J connectivity index is 1.90. The zero-order valence-electron chi connectivity index (χ0n) is 17.8. The molecule has 1 aromatic heterocycles. The highest BCUT2D eigenvalue weighted by Crippen LogP contribution is 2.40. The lowest BCUT2D eigenvalue weighted by Gasteiger charge is -2.27. The molecule has 8 heteroatoms. The van der Waals surface area contributed by atoms with Gasteiger partial charge in [-0.15, -0.1) is 0 Å². The smallest absolute Gasteiger partial charge is 0.318 e. The summed E-state index contributed by atoms with van der Waals surface area (Å²) in [5.41, 5.74) is 2.08. The van der Waals surface area contributed by atoms with E-state index < -0.39 is 22.2 Å². The topological polar surface area (TPSA) is 77.4 Å². The van der Waals surface area contributed by atoms with E-state index in [0.29, 0.717) is 22.8 Å². The van der Waals surface area contributed by atoms with Gasteiger partial charge in [-0.3, -0.25) is 4.79 Å². The minimum Gasteiger partial charge on any atom is -0.468 e. The fourth-order valence-electron chi connectivity index (χ4n) is 3.56. The Hall–Kier alpha value is -3.49. The number of carbonyl (C=O) groups excluding carboxylic acids is 1. The number of methoxy groups -OCH3 is 1. The lowest BCUT2D eigenvalue weighted by atomic mass is 9.95. The second-order valence-electron chi connectivity index (χ2n) is 7.20. The third-order valence-corrected chi connectivity index (χ3v) is 7.05. The van der Waals surface area contributed by atoms with Crippen LogP contribution >= 0.6 is 11.8 Å². The van der Waals surface area contributed by atoms with Crippen molar-refractivity contribution in [1.29, 1.82) is 0 Å². The quantitative estimate of drug-likeness (QED) is 0.409. The van der Waals surface area contributed by atoms with Gasteiger partial charge in [0.1, 0.15) is 10.8 Å². The molecule has 0 fully saturated rings. The second kappa shape index (κ2) is 10.4. The van der Waals surface area contributed by atoms with Gasteiger partial charge in [0.15, 0.2) is 0 Å². The summed E-state index contributed by atoms with van der Waals surface area (Å²) in [5.74, 6) is -1.70. The van der Waals surface area contributed by atoms with E-state index in [9.17, 15) is 13.2 Å². The van der Waals surface area contributed by atoms with E-state index in [1.807, 2.05) is 89.8 Å². The fraction of sp³-hybridized carbons (Fsp3) is 0.120. The van der Waals surface area contributed by atoms with Crippen molar-refractivity contribution in [2.45, 2.75) is 11.4 Å². The molecule has 168 valence electrons. The van der Waals surface area contributed by atoms with Gasteiger partial charge in [-0.05, 0) is 35.9 Å². The lowest BCUT2D eigenvalue weighted by molar-refractivity contribution is -0.141. The van der Waals surface area contributed by atoms with Gasteiger partial charge in [0.2, 0.25) is 10.3 Å². The molecule has 0 saturated carbocycles. The van der Waals surface area contributed by atoms with E-state index >= 15 is 0 Å². The first-order valence-electron chi connectivity index (χ1n) is 10.2. The maximum absolute atomic E-state index is 12.7. The van der Waals surface area contributed by atoms with E-state index in [2.05, 4.69) is 5.32 Å². The van der Waals surface area contributed by atoms with Gasteiger partial charge in [-0.1, -0.05) is 60.3 Å². The van der Waals surface area contributed by atoms with Gasteiger partial charge in [0, 0.05) is 23.8 Å². The average molecular weight is 479 g/mol. The van der Waals surface area contributed by atoms with E-state index in [0.717, 1.165) is 10.5 Å². The Kier molecular flexibility index (Phi) is 7.16. The van der Waals surface area contributed by atoms with Crippen LogP contribution in [0.15, 0.2) is 107 Å². The van der Waals surface area contributed by atoms with Gasteiger partial charge in [0.05, 0.1) is 23.4 Å². The molecule has 3 aromatic rings. The van der Waals surface area contributed by atoms with Crippen LogP contribution in [0.25, 0.3) is 5.70 Å². The number of esters is 1. The SMILES string of the molecule is COC(=O)C1C=C(n2cccc2)C(Sc2ccccc2)=C(NCc2ccccc2)C1=S(=O)=O. The molecule has 1 heterocycles. The van der Waals surface area contributed by atoms with E-state index in [4.69, 9.17) is 4.74 Å². The summed E-state index contributed by atoms with van der Waals surface area (Å²) in [6.45, 7) is 0.391. The summed E-state index contributed by atoms with van der Waals surface area (Å²) in [5, 5.41) is 3.31. The Morgan fingerprint density at radius 3 is 2.24 bits per heavy atom. The largest absolute Gasteiger partial charge is 0.468 e. The maximum atomic E-state index is 12.7. The van der Waals surface area contributed by atoms with Crippen molar-refractivity contribution < 1.29 is 17.9 Å². The Morgan fingerprint density at radius 1 is 1.00 bits per heavy atom. The number of allylic oxidation sites excluding steroid dienone is 2. The molecule has 4 rings (SSSR count). The number of nitrogens with zero attached hydrogens (tertiary/aromatic N) is 1. The Bertz CT molecular complexity index is 1320. The predicted octanol–water partition coefficient (Wildman–Crippen LogP) is 3.98. The number of aromatic nitrogens is 1. The monoisotopic (exact) mass is 478 g/mol. The van der Waals surface area contributed by atoms with Crippen LogP contribution in [0.4, 0.5) is 0 Å². The van der Waals surface area contributed by atoms with E-state index in [1.165, 1.54) is 18.9 Å². The van der Waals surface area contributed by atoms with E-state index in [1.54, 1.807) is 6.08 Å². The van der Waals surface area contributed by atoms with Crippen LogP contribution in [0.2, 0.25) is 0 Å². The molecule has 1 aliphatic carbocycles. The van der Waals surface area contributed by atoms with Crippen molar-refractivity contribution in [2.24, 2.45) is 5.92 Å². The molecular weight excluding hydrogens is 456 g/mol. The zero-order valence-corrected chi connectivity index (χ0v) is 19.5. The van der Waals surface area contributed by atoms with Crippen molar-refractivity contribution in [3.63, 3.8) is 0 Å². The molecule has 1 aliphatic rings. The molecule has 2 aromatic carbocycles. The summed E-state index contributed by atoms with van der Waals surface area (Å²) in [6.07, 6.45) is 5.37. The molecule has 1 atom stereocenters. The number of thioether (sulfide) groups is 1. The van der Waals surface area contributed by atoms with Crippen molar-refractivity contribution in [2.75, 3.05) is 7.11 Å². The van der Waals surface area contributed by atoms with Crippen LogP contribution in [0.5, 0.6) is 0 Å². The number of rotatable bonds is 7. The highest BCUT2D eigenvalue weighted by Gasteiger charge is 2.36. The Labute approximate surface area is 198 Å². The molecule has 0 saturated heterocycles. The van der Waals surface area contributed by atoms with Crippen LogP contribution in [-0.4, -0.2) is 30.9 Å². The zero-order chi connectivity index (χ0) is 23.2. The first-order valence-corrected chi connectivity index (χ1v) is 12.1. The van der Waals surface area contributed by atoms with Gasteiger partial charge >= 0.3 is 5.97 Å². The average Bonchev–Trinajstić information content (AvgIpc) is 3.38. The first kappa shape index (κ1) is 22.7. The number of benzene rings is 2. The fourth-order valence-corrected chi connectivity index (χ4v) is 5.42. The molecule has 1 N–H and O–H groups in total. The maximum Gasteiger partial charge on any atom is 0.318 e. The molecule has 0 amide bonds. The second-order valence-corrected chi connectivity index (χ2v) is 9.19. The molecule has 0 bridgehead atoms. The van der Waals surface area contributed by atoms with Gasteiger partial charge < -0.3 is 14.6 Å². The number of hydrogen-bond donors (Lipinski definition) is 1. The standard InChI is InChI=1S/C25H22N2O4S2/c1-31-25(28)20-16-21(27-14-8-9-15-27)23(32-19-12-6-3-7-13-19)22(24(20)33(29)30)26-17-18-10-4-2-5-11-18/h2-16,20,26H,17H2,1H3. The molecule has 1 unspecified atom stereocenters. The lowest BCUT2D eigenvalue weighted by Crippen LogP contribution is -2.35. The van der Waals surface area contributed by atoms with Crippen molar-refractivity contribution in [3.8, 4) is 0 Å². The minimum atomic E-state index is -2.65. The van der Waals surface area contributed by atoms with Crippen molar-refractivity contribution >= 4 is 38.6 Å². The molecule has 0 spiro atoms. The molecule has 0 aliphatic heterocycles. The summed E-state index contributed by atoms with van der Waals surface area (Å²) >= 11 is 1.44. The van der Waals surface area contributed by atoms with Crippen molar-refractivity contribution in [3.05, 3.63) is 107 Å². The normalized spacial score (nSPS) is 15.7. The van der Waals surface area contributed by atoms with Gasteiger partial charge in [-0.25, -0.2) is 0 Å². The third kappa shape index (κ3) is 5.13. The van der Waals surface area contributed by atoms with Crippen LogP contribution in [0.1, 0.15) is 5.56 Å². The first-order chi connectivity index (χ1) is 16.1. The third-order valence-electron chi connectivity index (χ3n) is 5.11. The van der Waals surface area contributed by atoms with Crippen LogP contribution in [0, 0.1) is 5.92 Å². The molecular formula is C25H22N2O4S2. The summed E-state index contributed by atoms with van der Waals surface area (Å²) in [7, 11) is -1.40. The summed E-state index contributed by atoms with van der Waals surface area (Å²) in [4.78, 5) is 14.3. The van der Waals surface area contributed by atoms with Crippen molar-refractivity contribution in [1.82, 2.24) is 9.88 Å². The minimum absolute atomic E-state index is 0.0351.